The van der Waals surface area contributed by atoms with Crippen molar-refractivity contribution >= 4 is 41.5 Å². The zero-order valence-electron chi connectivity index (χ0n) is 14.8. The van der Waals surface area contributed by atoms with E-state index in [1.54, 1.807) is 30.5 Å². The Bertz CT molecular complexity index is 717. The Balaban J connectivity index is 0.00000364. The highest BCUT2D eigenvalue weighted by atomic mass is 127. The number of ether oxygens (including phenoxy) is 1. The Hall–Kier alpha value is -1.68. The minimum Gasteiger partial charge on any atom is -0.434 e. The Morgan fingerprint density at radius 1 is 1.22 bits per heavy atom. The largest absolute Gasteiger partial charge is 0.434 e. The van der Waals surface area contributed by atoms with Crippen molar-refractivity contribution in [1.82, 2.24) is 15.6 Å². The van der Waals surface area contributed by atoms with Gasteiger partial charge < -0.3 is 15.4 Å². The predicted molar refractivity (Wildman–Crippen MR) is 114 cm³/mol. The van der Waals surface area contributed by atoms with Gasteiger partial charge in [0, 0.05) is 24.8 Å². The molecule has 1 aromatic heterocycles. The van der Waals surface area contributed by atoms with Gasteiger partial charge in [-0.2, -0.15) is 8.78 Å². The summed E-state index contributed by atoms with van der Waals surface area (Å²) in [4.78, 5) is 8.47. The summed E-state index contributed by atoms with van der Waals surface area (Å²) in [5.41, 5.74) is 1.64. The van der Waals surface area contributed by atoms with Crippen LogP contribution in [0.2, 0.25) is 5.15 Å². The Kier molecular flexibility index (Phi) is 11.0. The summed E-state index contributed by atoms with van der Waals surface area (Å²) in [7, 11) is 0. The molecule has 0 radical (unpaired) electrons. The molecule has 9 heteroatoms. The number of benzene rings is 1. The van der Waals surface area contributed by atoms with Gasteiger partial charge in [0.15, 0.2) is 5.96 Å². The molecule has 1 heterocycles. The molecule has 148 valence electrons. The van der Waals surface area contributed by atoms with Crippen LogP contribution >= 0.6 is 35.6 Å². The molecule has 0 saturated heterocycles. The first-order valence-corrected chi connectivity index (χ1v) is 8.61. The molecule has 1 aromatic carbocycles. The lowest BCUT2D eigenvalue weighted by Crippen LogP contribution is -2.38. The molecule has 5 nitrogen and oxygen atoms in total. The van der Waals surface area contributed by atoms with Gasteiger partial charge in [0.2, 0.25) is 0 Å². The zero-order valence-corrected chi connectivity index (χ0v) is 17.9. The normalized spacial score (nSPS) is 11.1. The average molecular weight is 511 g/mol. The second kappa shape index (κ2) is 12.7. The maximum absolute atomic E-state index is 12.5. The van der Waals surface area contributed by atoms with Crippen LogP contribution in [-0.2, 0) is 13.0 Å². The van der Waals surface area contributed by atoms with Gasteiger partial charge in [0.1, 0.15) is 10.9 Å². The van der Waals surface area contributed by atoms with Crippen molar-refractivity contribution in [2.45, 2.75) is 26.5 Å². The van der Waals surface area contributed by atoms with Crippen molar-refractivity contribution in [3.05, 3.63) is 58.9 Å². The van der Waals surface area contributed by atoms with Crippen molar-refractivity contribution in [3.8, 4) is 5.75 Å². The quantitative estimate of drug-likeness (QED) is 0.241. The number of pyridine rings is 1. The van der Waals surface area contributed by atoms with E-state index in [0.29, 0.717) is 29.8 Å². The highest BCUT2D eigenvalue weighted by Crippen LogP contribution is 2.20. The van der Waals surface area contributed by atoms with E-state index in [-0.39, 0.29) is 36.3 Å². The van der Waals surface area contributed by atoms with Gasteiger partial charge in [-0.25, -0.2) is 9.98 Å². The van der Waals surface area contributed by atoms with E-state index in [4.69, 9.17) is 11.6 Å². The molecule has 0 aliphatic carbocycles. The van der Waals surface area contributed by atoms with Gasteiger partial charge in [0.25, 0.3) is 0 Å². The van der Waals surface area contributed by atoms with Crippen molar-refractivity contribution in [3.63, 3.8) is 0 Å². The highest BCUT2D eigenvalue weighted by Gasteiger charge is 2.09. The zero-order chi connectivity index (χ0) is 18.8. The van der Waals surface area contributed by atoms with Crippen LogP contribution in [0.25, 0.3) is 0 Å². The molecule has 2 aromatic rings. The number of halogens is 4. The monoisotopic (exact) mass is 510 g/mol. The summed E-state index contributed by atoms with van der Waals surface area (Å²) in [5.74, 6) is 0.732. The number of aromatic nitrogens is 1. The fraction of sp³-hybridized carbons (Fsp3) is 0.333. The van der Waals surface area contributed by atoms with Crippen molar-refractivity contribution in [1.29, 1.82) is 0 Å². The number of nitrogens with zero attached hydrogens (tertiary/aromatic N) is 2. The standard InChI is InChI=1S/C18H21ClF2N4O.HI/c1-2-22-18(23-10-9-13-7-8-16(19)24-11-13)25-12-14-5-3-4-6-15(14)26-17(20)21;/h3-8,11,17H,2,9-10,12H2,1H3,(H2,22,23,25);1H. The molecule has 0 atom stereocenters. The molecular formula is C18H22ClF2IN4O. The molecule has 0 saturated carbocycles. The third-order valence-corrected chi connectivity index (χ3v) is 3.66. The summed E-state index contributed by atoms with van der Waals surface area (Å²) < 4.78 is 29.5. The average Bonchev–Trinajstić information content (AvgIpc) is 2.62. The molecule has 0 amide bonds. The molecule has 0 spiro atoms. The second-order valence-corrected chi connectivity index (χ2v) is 5.73. The molecule has 0 unspecified atom stereocenters. The fourth-order valence-electron chi connectivity index (χ4n) is 2.23. The van der Waals surface area contributed by atoms with Gasteiger partial charge in [0.05, 0.1) is 6.54 Å². The van der Waals surface area contributed by atoms with Crippen LogP contribution in [0.15, 0.2) is 47.6 Å². The van der Waals surface area contributed by atoms with Gasteiger partial charge >= 0.3 is 6.61 Å². The first kappa shape index (κ1) is 23.4. The number of alkyl halides is 2. The first-order chi connectivity index (χ1) is 12.6. The number of hydrogen-bond donors (Lipinski definition) is 2. The Morgan fingerprint density at radius 2 is 2.00 bits per heavy atom. The van der Waals surface area contributed by atoms with Crippen molar-refractivity contribution < 1.29 is 13.5 Å². The highest BCUT2D eigenvalue weighted by molar-refractivity contribution is 14.0. The van der Waals surface area contributed by atoms with Gasteiger partial charge in [-0.3, -0.25) is 0 Å². The van der Waals surface area contributed by atoms with E-state index >= 15 is 0 Å². The molecule has 0 aliphatic heterocycles. The molecule has 0 aliphatic rings. The van der Waals surface area contributed by atoms with Crippen LogP contribution in [0.3, 0.4) is 0 Å². The lowest BCUT2D eigenvalue weighted by atomic mass is 10.2. The third kappa shape index (κ3) is 8.70. The van der Waals surface area contributed by atoms with Crippen LogP contribution in [0, 0.1) is 0 Å². The molecule has 0 bridgehead atoms. The minimum atomic E-state index is -2.86. The first-order valence-electron chi connectivity index (χ1n) is 8.23. The van der Waals surface area contributed by atoms with Crippen LogP contribution in [0.5, 0.6) is 5.75 Å². The summed E-state index contributed by atoms with van der Waals surface area (Å²) >= 11 is 5.77. The maximum atomic E-state index is 12.5. The Morgan fingerprint density at radius 3 is 2.67 bits per heavy atom. The van der Waals surface area contributed by atoms with Crippen LogP contribution in [0.4, 0.5) is 8.78 Å². The van der Waals surface area contributed by atoms with Crippen LogP contribution in [0.1, 0.15) is 18.1 Å². The summed E-state index contributed by atoms with van der Waals surface area (Å²) in [6.45, 7) is 0.641. The van der Waals surface area contributed by atoms with E-state index < -0.39 is 6.61 Å². The number of nitrogens with one attached hydrogen (secondary N) is 2. The van der Waals surface area contributed by atoms with E-state index in [1.807, 2.05) is 13.0 Å². The molecule has 27 heavy (non-hydrogen) atoms. The second-order valence-electron chi connectivity index (χ2n) is 5.35. The molecule has 2 rings (SSSR count). The molecular weight excluding hydrogens is 489 g/mol. The van der Waals surface area contributed by atoms with Crippen molar-refractivity contribution in [2.24, 2.45) is 4.99 Å². The molecule has 2 N–H and O–H groups in total. The lowest BCUT2D eigenvalue weighted by Gasteiger charge is -2.12. The Labute approximate surface area is 179 Å². The number of hydrogen-bond acceptors (Lipinski definition) is 3. The van der Waals surface area contributed by atoms with Crippen LogP contribution in [-0.4, -0.2) is 30.6 Å². The summed E-state index contributed by atoms with van der Waals surface area (Å²) in [6, 6.07) is 10.3. The molecule has 0 fully saturated rings. The maximum Gasteiger partial charge on any atom is 0.387 e. The fourth-order valence-corrected chi connectivity index (χ4v) is 2.34. The van der Waals surface area contributed by atoms with E-state index in [1.165, 1.54) is 6.07 Å². The topological polar surface area (TPSA) is 58.5 Å². The van der Waals surface area contributed by atoms with Gasteiger partial charge in [-0.15, -0.1) is 24.0 Å². The number of para-hydroxylation sites is 1. The smallest absolute Gasteiger partial charge is 0.387 e. The number of rotatable bonds is 8. The number of guanidine groups is 1. The van der Waals surface area contributed by atoms with Crippen molar-refractivity contribution in [2.75, 3.05) is 13.1 Å². The van der Waals surface area contributed by atoms with E-state index in [0.717, 1.165) is 12.0 Å². The van der Waals surface area contributed by atoms with E-state index in [9.17, 15) is 8.78 Å². The van der Waals surface area contributed by atoms with E-state index in [2.05, 4.69) is 25.3 Å². The summed E-state index contributed by atoms with van der Waals surface area (Å²) in [6.07, 6.45) is 2.48. The third-order valence-electron chi connectivity index (χ3n) is 3.44. The number of aliphatic imine (C=N–C) groups is 1. The minimum absolute atomic E-state index is 0. The van der Waals surface area contributed by atoms with Gasteiger partial charge in [-0.05, 0) is 31.0 Å². The summed E-state index contributed by atoms with van der Waals surface area (Å²) in [5, 5.41) is 6.78. The van der Waals surface area contributed by atoms with Gasteiger partial charge in [-0.1, -0.05) is 35.9 Å². The predicted octanol–water partition coefficient (Wildman–Crippen LogP) is 4.25. The SMILES string of the molecule is CCNC(=NCc1ccccc1OC(F)F)NCCc1ccc(Cl)nc1.I. The lowest BCUT2D eigenvalue weighted by molar-refractivity contribution is -0.0504. The van der Waals surface area contributed by atoms with Crippen LogP contribution < -0.4 is 15.4 Å².